The number of aromatic carboxylic acids is 1. The first-order valence-corrected chi connectivity index (χ1v) is 5.37. The van der Waals surface area contributed by atoms with Crippen LogP contribution < -0.4 is 0 Å². The summed E-state index contributed by atoms with van der Waals surface area (Å²) in [6, 6.07) is 8.63. The highest BCUT2D eigenvalue weighted by atomic mass is 16.4. The Morgan fingerprint density at radius 1 is 1.17 bits per heavy atom. The second kappa shape index (κ2) is 3.96. The summed E-state index contributed by atoms with van der Waals surface area (Å²) in [7, 11) is 0. The van der Waals surface area contributed by atoms with Crippen molar-refractivity contribution < 1.29 is 9.90 Å². The number of hydrogen-bond acceptors (Lipinski definition) is 3. The summed E-state index contributed by atoms with van der Waals surface area (Å²) in [5.41, 5.74) is 2.02. The monoisotopic (exact) mass is 239 g/mol. The van der Waals surface area contributed by atoms with Crippen LogP contribution in [0.3, 0.4) is 0 Å². The molecule has 1 N–H and O–H groups in total. The van der Waals surface area contributed by atoms with Gasteiger partial charge < -0.3 is 5.11 Å². The molecule has 3 rings (SSSR count). The van der Waals surface area contributed by atoms with Gasteiger partial charge in [-0.1, -0.05) is 0 Å². The number of rotatable bonds is 2. The Morgan fingerprint density at radius 2 is 1.94 bits per heavy atom. The molecular weight excluding hydrogens is 230 g/mol. The first kappa shape index (κ1) is 10.5. The number of carboxylic acids is 1. The van der Waals surface area contributed by atoms with Crippen molar-refractivity contribution >= 4 is 16.9 Å². The molecule has 5 nitrogen and oxygen atoms in total. The van der Waals surface area contributed by atoms with Gasteiger partial charge in [-0.15, -0.1) is 0 Å². The third-order valence-electron chi connectivity index (χ3n) is 2.72. The fourth-order valence-corrected chi connectivity index (χ4v) is 1.86. The Kier molecular flexibility index (Phi) is 2.30. The molecule has 0 saturated heterocycles. The van der Waals surface area contributed by atoms with Crippen molar-refractivity contribution in [2.75, 3.05) is 0 Å². The molecule has 0 spiro atoms. The van der Waals surface area contributed by atoms with Crippen LogP contribution in [0.25, 0.3) is 16.6 Å². The summed E-state index contributed by atoms with van der Waals surface area (Å²) in [6.07, 6.45) is 5.03. The Bertz CT molecular complexity index is 719. The van der Waals surface area contributed by atoms with Crippen LogP contribution in [0.4, 0.5) is 0 Å². The smallest absolute Gasteiger partial charge is 0.335 e. The van der Waals surface area contributed by atoms with Crippen LogP contribution in [-0.4, -0.2) is 25.8 Å². The SMILES string of the molecule is O=C(O)c1ccc2c(cnn2-c2ccncc2)c1. The summed E-state index contributed by atoms with van der Waals surface area (Å²) in [6.45, 7) is 0. The molecule has 0 radical (unpaired) electrons. The van der Waals surface area contributed by atoms with E-state index in [1.807, 2.05) is 12.1 Å². The lowest BCUT2D eigenvalue weighted by Gasteiger charge is -2.02. The highest BCUT2D eigenvalue weighted by Crippen LogP contribution is 2.19. The lowest BCUT2D eigenvalue weighted by molar-refractivity contribution is 0.0697. The molecule has 0 aliphatic rings. The quantitative estimate of drug-likeness (QED) is 0.743. The van der Waals surface area contributed by atoms with Crippen LogP contribution in [0.15, 0.2) is 48.9 Å². The van der Waals surface area contributed by atoms with Gasteiger partial charge in [0.05, 0.1) is 23.0 Å². The normalized spacial score (nSPS) is 10.7. The third-order valence-corrected chi connectivity index (χ3v) is 2.72. The van der Waals surface area contributed by atoms with Crippen LogP contribution in [0.2, 0.25) is 0 Å². The molecule has 0 saturated carbocycles. The molecule has 3 aromatic rings. The van der Waals surface area contributed by atoms with E-state index in [4.69, 9.17) is 5.11 Å². The van der Waals surface area contributed by atoms with Crippen molar-refractivity contribution in [1.29, 1.82) is 0 Å². The Hall–Kier alpha value is -2.69. The highest BCUT2D eigenvalue weighted by molar-refractivity contribution is 5.93. The molecule has 2 heterocycles. The Balaban J connectivity index is 2.19. The Morgan fingerprint density at radius 3 is 2.67 bits per heavy atom. The second-order valence-electron chi connectivity index (χ2n) is 3.84. The second-order valence-corrected chi connectivity index (χ2v) is 3.84. The predicted molar refractivity (Wildman–Crippen MR) is 65.8 cm³/mol. The van der Waals surface area contributed by atoms with Gasteiger partial charge in [0, 0.05) is 17.8 Å². The van der Waals surface area contributed by atoms with Gasteiger partial charge in [0.15, 0.2) is 0 Å². The minimum absolute atomic E-state index is 0.261. The van der Waals surface area contributed by atoms with Gasteiger partial charge in [-0.25, -0.2) is 9.48 Å². The molecule has 88 valence electrons. The molecule has 0 unspecified atom stereocenters. The van der Waals surface area contributed by atoms with E-state index in [0.717, 1.165) is 16.6 Å². The molecule has 0 fully saturated rings. The summed E-state index contributed by atoms with van der Waals surface area (Å²) >= 11 is 0. The van der Waals surface area contributed by atoms with Crippen LogP contribution in [0, 0.1) is 0 Å². The fraction of sp³-hybridized carbons (Fsp3) is 0. The molecule has 0 amide bonds. The topological polar surface area (TPSA) is 68.0 Å². The van der Waals surface area contributed by atoms with Gasteiger partial charge in [0.2, 0.25) is 0 Å². The number of fused-ring (bicyclic) bond motifs is 1. The van der Waals surface area contributed by atoms with Crippen molar-refractivity contribution in [3.63, 3.8) is 0 Å². The van der Waals surface area contributed by atoms with Crippen LogP contribution >= 0.6 is 0 Å². The van der Waals surface area contributed by atoms with Crippen molar-refractivity contribution in [2.24, 2.45) is 0 Å². The lowest BCUT2D eigenvalue weighted by Crippen LogP contribution is -1.97. The van der Waals surface area contributed by atoms with Gasteiger partial charge in [-0.2, -0.15) is 5.10 Å². The van der Waals surface area contributed by atoms with Crippen molar-refractivity contribution in [3.05, 3.63) is 54.5 Å². The van der Waals surface area contributed by atoms with Crippen molar-refractivity contribution in [1.82, 2.24) is 14.8 Å². The number of benzene rings is 1. The van der Waals surface area contributed by atoms with Crippen LogP contribution in [0.1, 0.15) is 10.4 Å². The molecular formula is C13H9N3O2. The summed E-state index contributed by atoms with van der Waals surface area (Å²) in [5, 5.41) is 14.0. The van der Waals surface area contributed by atoms with E-state index in [1.54, 1.807) is 41.5 Å². The molecule has 18 heavy (non-hydrogen) atoms. The molecule has 2 aromatic heterocycles. The van der Waals surface area contributed by atoms with Gasteiger partial charge >= 0.3 is 5.97 Å². The summed E-state index contributed by atoms with van der Waals surface area (Å²) in [5.74, 6) is -0.937. The van der Waals surface area contributed by atoms with Crippen LogP contribution in [-0.2, 0) is 0 Å². The van der Waals surface area contributed by atoms with Crippen molar-refractivity contribution in [2.45, 2.75) is 0 Å². The standard InChI is InChI=1S/C13H9N3O2/c17-13(18)9-1-2-12-10(7-9)8-15-16(12)11-3-5-14-6-4-11/h1-8H,(H,17,18). The Labute approximate surface area is 102 Å². The van der Waals surface area contributed by atoms with E-state index in [-0.39, 0.29) is 5.56 Å². The van der Waals surface area contributed by atoms with E-state index in [0.29, 0.717) is 0 Å². The van der Waals surface area contributed by atoms with E-state index < -0.39 is 5.97 Å². The molecule has 1 aromatic carbocycles. The molecule has 5 heteroatoms. The minimum Gasteiger partial charge on any atom is -0.478 e. The molecule has 0 bridgehead atoms. The predicted octanol–water partition coefficient (Wildman–Crippen LogP) is 2.12. The average molecular weight is 239 g/mol. The molecule has 0 atom stereocenters. The number of aromatic nitrogens is 3. The van der Waals surface area contributed by atoms with Gasteiger partial charge in [-0.05, 0) is 30.3 Å². The lowest BCUT2D eigenvalue weighted by atomic mass is 10.1. The van der Waals surface area contributed by atoms with Gasteiger partial charge in [0.1, 0.15) is 0 Å². The first-order valence-electron chi connectivity index (χ1n) is 5.37. The van der Waals surface area contributed by atoms with E-state index >= 15 is 0 Å². The number of carbonyl (C=O) groups is 1. The maximum absolute atomic E-state index is 10.9. The zero-order valence-electron chi connectivity index (χ0n) is 9.32. The average Bonchev–Trinajstić information content (AvgIpc) is 2.82. The maximum Gasteiger partial charge on any atom is 0.335 e. The fourth-order valence-electron chi connectivity index (χ4n) is 1.86. The first-order chi connectivity index (χ1) is 8.75. The largest absolute Gasteiger partial charge is 0.478 e. The number of hydrogen-bond donors (Lipinski definition) is 1. The van der Waals surface area contributed by atoms with E-state index in [2.05, 4.69) is 10.1 Å². The summed E-state index contributed by atoms with van der Waals surface area (Å²) < 4.78 is 1.75. The number of nitrogens with zero attached hydrogens (tertiary/aromatic N) is 3. The van der Waals surface area contributed by atoms with E-state index in [1.165, 1.54) is 0 Å². The van der Waals surface area contributed by atoms with Gasteiger partial charge in [0.25, 0.3) is 0 Å². The highest BCUT2D eigenvalue weighted by Gasteiger charge is 2.08. The molecule has 0 aliphatic carbocycles. The zero-order valence-corrected chi connectivity index (χ0v) is 9.32. The van der Waals surface area contributed by atoms with Gasteiger partial charge in [-0.3, -0.25) is 4.98 Å². The minimum atomic E-state index is -0.937. The van der Waals surface area contributed by atoms with Crippen molar-refractivity contribution in [3.8, 4) is 5.69 Å². The maximum atomic E-state index is 10.9. The number of pyridine rings is 1. The molecule has 0 aliphatic heterocycles. The number of carboxylic acid groups (broad SMARTS) is 1. The third kappa shape index (κ3) is 1.62. The summed E-state index contributed by atoms with van der Waals surface area (Å²) in [4.78, 5) is 14.8. The van der Waals surface area contributed by atoms with Crippen LogP contribution in [0.5, 0.6) is 0 Å². The van der Waals surface area contributed by atoms with E-state index in [9.17, 15) is 4.79 Å². The zero-order chi connectivity index (χ0) is 12.5.